The van der Waals surface area contributed by atoms with Crippen molar-refractivity contribution in [3.05, 3.63) is 69.2 Å². The van der Waals surface area contributed by atoms with Crippen molar-refractivity contribution in [3.63, 3.8) is 0 Å². The highest BCUT2D eigenvalue weighted by Gasteiger charge is 2.07. The van der Waals surface area contributed by atoms with E-state index in [1.165, 1.54) is 0 Å². The lowest BCUT2D eigenvalue weighted by Crippen LogP contribution is -2.18. The molecule has 2 rings (SSSR count). The molecule has 0 heterocycles. The van der Waals surface area contributed by atoms with Gasteiger partial charge in [0.15, 0.2) is 0 Å². The zero-order chi connectivity index (χ0) is 15.2. The van der Waals surface area contributed by atoms with Crippen molar-refractivity contribution in [3.8, 4) is 12.1 Å². The molecule has 2 aromatic rings. The van der Waals surface area contributed by atoms with Crippen molar-refractivity contribution in [2.45, 2.75) is 19.5 Å². The average molecular weight is 340 g/mol. The fourth-order valence-corrected chi connectivity index (χ4v) is 2.51. The van der Waals surface area contributed by atoms with Crippen LogP contribution >= 0.6 is 15.9 Å². The molecule has 21 heavy (non-hydrogen) atoms. The van der Waals surface area contributed by atoms with E-state index in [1.807, 2.05) is 42.5 Å². The molecule has 0 fully saturated rings. The summed E-state index contributed by atoms with van der Waals surface area (Å²) in [5.74, 6) is 0. The van der Waals surface area contributed by atoms with Gasteiger partial charge < -0.3 is 5.32 Å². The molecule has 1 atom stereocenters. The maximum Gasteiger partial charge on any atom is 0.0992 e. The number of halogens is 1. The number of nitriles is 2. The molecule has 2 aromatic carbocycles. The second-order valence-electron chi connectivity index (χ2n) is 4.75. The van der Waals surface area contributed by atoms with E-state index in [9.17, 15) is 0 Å². The van der Waals surface area contributed by atoms with Crippen molar-refractivity contribution in [2.75, 3.05) is 0 Å². The minimum absolute atomic E-state index is 0.181. The van der Waals surface area contributed by atoms with Gasteiger partial charge in [-0.05, 0) is 42.3 Å². The Kier molecular flexibility index (Phi) is 5.11. The Bertz CT molecular complexity index is 708. The van der Waals surface area contributed by atoms with Crippen LogP contribution in [-0.2, 0) is 6.54 Å². The third-order valence-corrected chi connectivity index (χ3v) is 4.06. The molecular formula is C17H14BrN3. The first kappa shape index (κ1) is 15.3. The molecule has 0 saturated carbocycles. The van der Waals surface area contributed by atoms with E-state index in [-0.39, 0.29) is 6.04 Å². The van der Waals surface area contributed by atoms with Crippen LogP contribution in [0, 0.1) is 22.7 Å². The summed E-state index contributed by atoms with van der Waals surface area (Å²) in [5.41, 5.74) is 3.56. The molecule has 0 bridgehead atoms. The molecule has 0 radical (unpaired) electrons. The topological polar surface area (TPSA) is 59.6 Å². The highest BCUT2D eigenvalue weighted by atomic mass is 79.9. The van der Waals surface area contributed by atoms with Crippen LogP contribution in [0.25, 0.3) is 0 Å². The zero-order valence-electron chi connectivity index (χ0n) is 11.6. The third-order valence-electron chi connectivity index (χ3n) is 3.32. The van der Waals surface area contributed by atoms with Crippen LogP contribution in [0.1, 0.15) is 35.2 Å². The molecule has 4 heteroatoms. The summed E-state index contributed by atoms with van der Waals surface area (Å²) in [4.78, 5) is 0. The van der Waals surface area contributed by atoms with Crippen LogP contribution in [0.4, 0.5) is 0 Å². The summed E-state index contributed by atoms with van der Waals surface area (Å²) < 4.78 is 0.932. The van der Waals surface area contributed by atoms with Gasteiger partial charge in [0.05, 0.1) is 23.3 Å². The molecular weight excluding hydrogens is 326 g/mol. The maximum atomic E-state index is 8.85. The maximum absolute atomic E-state index is 8.85. The van der Waals surface area contributed by atoms with Gasteiger partial charge in [-0.25, -0.2) is 0 Å². The fourth-order valence-electron chi connectivity index (χ4n) is 1.99. The van der Waals surface area contributed by atoms with E-state index in [1.54, 1.807) is 0 Å². The first-order chi connectivity index (χ1) is 10.1. The van der Waals surface area contributed by atoms with Crippen LogP contribution in [0.2, 0.25) is 0 Å². The molecule has 3 nitrogen and oxygen atoms in total. The molecule has 1 N–H and O–H groups in total. The molecule has 0 amide bonds. The van der Waals surface area contributed by atoms with Gasteiger partial charge in [0, 0.05) is 17.1 Å². The van der Waals surface area contributed by atoms with Gasteiger partial charge in [0.1, 0.15) is 0 Å². The number of rotatable bonds is 4. The smallest absolute Gasteiger partial charge is 0.0992 e. The van der Waals surface area contributed by atoms with E-state index in [4.69, 9.17) is 10.5 Å². The first-order valence-corrected chi connectivity index (χ1v) is 7.35. The predicted molar refractivity (Wildman–Crippen MR) is 85.3 cm³/mol. The van der Waals surface area contributed by atoms with Gasteiger partial charge >= 0.3 is 0 Å². The van der Waals surface area contributed by atoms with E-state index in [0.717, 1.165) is 15.6 Å². The van der Waals surface area contributed by atoms with Crippen LogP contribution in [0.15, 0.2) is 46.9 Å². The highest BCUT2D eigenvalue weighted by molar-refractivity contribution is 9.10. The van der Waals surface area contributed by atoms with Crippen LogP contribution < -0.4 is 5.32 Å². The lowest BCUT2D eigenvalue weighted by molar-refractivity contribution is 0.573. The van der Waals surface area contributed by atoms with Crippen LogP contribution in [-0.4, -0.2) is 0 Å². The minimum Gasteiger partial charge on any atom is -0.306 e. The van der Waals surface area contributed by atoms with Crippen LogP contribution in [0.5, 0.6) is 0 Å². The second kappa shape index (κ2) is 7.04. The molecule has 0 aliphatic carbocycles. The molecule has 0 spiro atoms. The quantitative estimate of drug-likeness (QED) is 0.914. The summed E-state index contributed by atoms with van der Waals surface area (Å²) >= 11 is 3.49. The van der Waals surface area contributed by atoms with Crippen molar-refractivity contribution < 1.29 is 0 Å². The number of benzene rings is 2. The van der Waals surface area contributed by atoms with E-state index < -0.39 is 0 Å². The predicted octanol–water partition coefficient (Wildman–Crippen LogP) is 4.04. The summed E-state index contributed by atoms with van der Waals surface area (Å²) in [6, 6.07) is 17.6. The van der Waals surface area contributed by atoms with Gasteiger partial charge in [0.2, 0.25) is 0 Å². The summed E-state index contributed by atoms with van der Waals surface area (Å²) in [7, 11) is 0. The van der Waals surface area contributed by atoms with Gasteiger partial charge in [-0.1, -0.05) is 34.1 Å². The van der Waals surface area contributed by atoms with Gasteiger partial charge in [0.25, 0.3) is 0 Å². The van der Waals surface area contributed by atoms with Crippen molar-refractivity contribution in [2.24, 2.45) is 0 Å². The highest BCUT2D eigenvalue weighted by Crippen LogP contribution is 2.20. The van der Waals surface area contributed by atoms with E-state index >= 15 is 0 Å². The Morgan fingerprint density at radius 1 is 1.05 bits per heavy atom. The number of nitrogens with one attached hydrogen (secondary N) is 1. The Labute approximate surface area is 133 Å². The summed E-state index contributed by atoms with van der Waals surface area (Å²) in [5, 5.41) is 21.1. The summed E-state index contributed by atoms with van der Waals surface area (Å²) in [6.45, 7) is 2.78. The number of hydrogen-bond acceptors (Lipinski definition) is 3. The Morgan fingerprint density at radius 3 is 2.24 bits per heavy atom. The summed E-state index contributed by atoms with van der Waals surface area (Å²) in [6.07, 6.45) is 0. The molecule has 1 unspecified atom stereocenters. The SMILES string of the molecule is CC(NCc1ccc(C#N)cc1Br)c1ccc(C#N)cc1. The van der Waals surface area contributed by atoms with Crippen molar-refractivity contribution in [1.82, 2.24) is 5.32 Å². The van der Waals surface area contributed by atoms with Crippen molar-refractivity contribution in [1.29, 1.82) is 10.5 Å². The molecule has 0 aromatic heterocycles. The van der Waals surface area contributed by atoms with Gasteiger partial charge in [-0.15, -0.1) is 0 Å². The molecule has 104 valence electrons. The molecule has 0 aliphatic heterocycles. The molecule has 0 saturated heterocycles. The van der Waals surface area contributed by atoms with Gasteiger partial charge in [-0.3, -0.25) is 0 Å². The van der Waals surface area contributed by atoms with Crippen molar-refractivity contribution >= 4 is 15.9 Å². The fraction of sp³-hybridized carbons (Fsp3) is 0.176. The standard InChI is InChI=1S/C17H14BrN3/c1-12(15-5-2-13(9-19)3-6-15)21-11-16-7-4-14(10-20)8-17(16)18/h2-8,12,21H,11H2,1H3. The lowest BCUT2D eigenvalue weighted by atomic mass is 10.1. The van der Waals surface area contributed by atoms with E-state index in [0.29, 0.717) is 17.7 Å². The minimum atomic E-state index is 0.181. The third kappa shape index (κ3) is 3.92. The average Bonchev–Trinajstić information content (AvgIpc) is 2.53. The molecule has 0 aliphatic rings. The largest absolute Gasteiger partial charge is 0.306 e. The second-order valence-corrected chi connectivity index (χ2v) is 5.61. The Balaban J connectivity index is 2.02. The number of hydrogen-bond donors (Lipinski definition) is 1. The monoisotopic (exact) mass is 339 g/mol. The Morgan fingerprint density at radius 2 is 1.67 bits per heavy atom. The van der Waals surface area contributed by atoms with Gasteiger partial charge in [-0.2, -0.15) is 10.5 Å². The van der Waals surface area contributed by atoms with E-state index in [2.05, 4.69) is 40.3 Å². The zero-order valence-corrected chi connectivity index (χ0v) is 13.2. The Hall–Kier alpha value is -2.14. The lowest BCUT2D eigenvalue weighted by Gasteiger charge is -2.15. The first-order valence-electron chi connectivity index (χ1n) is 6.56. The normalized spacial score (nSPS) is 11.4. The number of nitrogens with zero attached hydrogens (tertiary/aromatic N) is 2. The van der Waals surface area contributed by atoms with Crippen LogP contribution in [0.3, 0.4) is 0 Å².